The van der Waals surface area contributed by atoms with Gasteiger partial charge in [0.25, 0.3) is 5.91 Å². The van der Waals surface area contributed by atoms with E-state index in [0.29, 0.717) is 11.3 Å². The van der Waals surface area contributed by atoms with Crippen molar-refractivity contribution in [2.75, 3.05) is 19.7 Å². The molecule has 1 heterocycles. The predicted molar refractivity (Wildman–Crippen MR) is 119 cm³/mol. The largest absolute Gasteiger partial charge is 0.573 e. The van der Waals surface area contributed by atoms with E-state index >= 15 is 0 Å². The van der Waals surface area contributed by atoms with E-state index in [0.717, 1.165) is 12.1 Å². The van der Waals surface area contributed by atoms with Crippen molar-refractivity contribution in [1.29, 1.82) is 0 Å². The Morgan fingerprint density at radius 1 is 1.17 bits per heavy atom. The SMILES string of the molecule is C[C@@H](CO)Oc1ccc(C(N)=O)c(O[C@@H]2CCN(C(=O)Cc3ccc(OC(F)(F)F)cc3)C[C@H]2F)c1. The van der Waals surface area contributed by atoms with Gasteiger partial charge in [-0.15, -0.1) is 13.2 Å². The average Bonchev–Trinajstić information content (AvgIpc) is 2.80. The van der Waals surface area contributed by atoms with E-state index in [1.165, 1.54) is 35.2 Å². The van der Waals surface area contributed by atoms with Crippen molar-refractivity contribution in [3.8, 4) is 17.2 Å². The molecule has 3 N–H and O–H groups in total. The van der Waals surface area contributed by atoms with Gasteiger partial charge in [-0.3, -0.25) is 9.59 Å². The summed E-state index contributed by atoms with van der Waals surface area (Å²) in [7, 11) is 0. The molecular formula is C24H26F4N2O6. The summed E-state index contributed by atoms with van der Waals surface area (Å²) in [5.74, 6) is -1.26. The molecule has 2 amide bonds. The fraction of sp³-hybridized carbons (Fsp3) is 0.417. The number of nitrogens with two attached hydrogens (primary N) is 1. The van der Waals surface area contributed by atoms with E-state index in [1.54, 1.807) is 6.92 Å². The molecule has 0 unspecified atom stereocenters. The summed E-state index contributed by atoms with van der Waals surface area (Å²) < 4.78 is 66.9. The highest BCUT2D eigenvalue weighted by molar-refractivity contribution is 5.95. The van der Waals surface area contributed by atoms with Crippen LogP contribution in [0.25, 0.3) is 0 Å². The first kappa shape index (κ1) is 27.1. The second-order valence-corrected chi connectivity index (χ2v) is 8.30. The molecule has 196 valence electrons. The number of ether oxygens (including phenoxy) is 3. The van der Waals surface area contributed by atoms with E-state index < -0.39 is 42.3 Å². The van der Waals surface area contributed by atoms with Gasteiger partial charge in [-0.2, -0.15) is 0 Å². The average molecular weight is 514 g/mol. The van der Waals surface area contributed by atoms with Crippen LogP contribution in [0.2, 0.25) is 0 Å². The van der Waals surface area contributed by atoms with Gasteiger partial charge in [-0.25, -0.2) is 4.39 Å². The zero-order chi connectivity index (χ0) is 26.5. The topological polar surface area (TPSA) is 111 Å². The molecule has 0 radical (unpaired) electrons. The number of piperidine rings is 1. The van der Waals surface area contributed by atoms with Gasteiger partial charge < -0.3 is 30.0 Å². The highest BCUT2D eigenvalue weighted by Crippen LogP contribution is 2.29. The number of halogens is 4. The van der Waals surface area contributed by atoms with Gasteiger partial charge in [0.05, 0.1) is 25.1 Å². The molecule has 3 atom stereocenters. The fourth-order valence-electron chi connectivity index (χ4n) is 3.65. The third-order valence-electron chi connectivity index (χ3n) is 5.44. The third kappa shape index (κ3) is 7.48. The normalized spacial score (nSPS) is 18.9. The van der Waals surface area contributed by atoms with Crippen LogP contribution in [0.3, 0.4) is 0 Å². The lowest BCUT2D eigenvalue weighted by Gasteiger charge is -2.35. The number of rotatable bonds is 9. The monoisotopic (exact) mass is 514 g/mol. The molecule has 2 aromatic rings. The Balaban J connectivity index is 1.61. The summed E-state index contributed by atoms with van der Waals surface area (Å²) in [6.07, 6.45) is -7.87. The number of primary amides is 1. The number of carbonyl (C=O) groups excluding carboxylic acids is 2. The van der Waals surface area contributed by atoms with Crippen molar-refractivity contribution < 1.29 is 46.5 Å². The fourth-order valence-corrected chi connectivity index (χ4v) is 3.65. The van der Waals surface area contributed by atoms with Gasteiger partial charge in [0.15, 0.2) is 6.17 Å². The summed E-state index contributed by atoms with van der Waals surface area (Å²) in [6.45, 7) is 1.31. The van der Waals surface area contributed by atoms with Gasteiger partial charge in [0.1, 0.15) is 29.5 Å². The molecule has 1 fully saturated rings. The number of carbonyl (C=O) groups is 2. The number of benzene rings is 2. The molecule has 0 aliphatic carbocycles. The Morgan fingerprint density at radius 2 is 1.83 bits per heavy atom. The van der Waals surface area contributed by atoms with E-state index in [9.17, 15) is 27.2 Å². The van der Waals surface area contributed by atoms with Gasteiger partial charge in [-0.1, -0.05) is 12.1 Å². The molecule has 0 bridgehead atoms. The Bertz CT molecular complexity index is 1060. The smallest absolute Gasteiger partial charge is 0.488 e. The van der Waals surface area contributed by atoms with E-state index in [2.05, 4.69) is 4.74 Å². The first-order valence-corrected chi connectivity index (χ1v) is 11.1. The molecule has 0 spiro atoms. The molecule has 0 saturated carbocycles. The number of aliphatic hydroxyl groups excluding tert-OH is 1. The molecule has 1 saturated heterocycles. The minimum Gasteiger partial charge on any atom is -0.488 e. The van der Waals surface area contributed by atoms with Crippen LogP contribution < -0.4 is 19.9 Å². The number of nitrogens with zero attached hydrogens (tertiary/aromatic N) is 1. The van der Waals surface area contributed by atoms with Crippen LogP contribution >= 0.6 is 0 Å². The van der Waals surface area contributed by atoms with Crippen molar-refractivity contribution in [2.45, 2.75) is 44.5 Å². The Morgan fingerprint density at radius 3 is 2.42 bits per heavy atom. The third-order valence-corrected chi connectivity index (χ3v) is 5.44. The lowest BCUT2D eigenvalue weighted by Crippen LogP contribution is -2.49. The number of aliphatic hydroxyl groups is 1. The summed E-state index contributed by atoms with van der Waals surface area (Å²) in [4.78, 5) is 25.7. The first-order chi connectivity index (χ1) is 16.9. The lowest BCUT2D eigenvalue weighted by molar-refractivity contribution is -0.274. The van der Waals surface area contributed by atoms with Crippen molar-refractivity contribution in [1.82, 2.24) is 4.90 Å². The summed E-state index contributed by atoms with van der Waals surface area (Å²) >= 11 is 0. The number of hydrogen-bond acceptors (Lipinski definition) is 6. The summed E-state index contributed by atoms with van der Waals surface area (Å²) in [5, 5.41) is 9.16. The zero-order valence-electron chi connectivity index (χ0n) is 19.3. The van der Waals surface area contributed by atoms with E-state index in [-0.39, 0.29) is 43.9 Å². The highest BCUT2D eigenvalue weighted by atomic mass is 19.4. The van der Waals surface area contributed by atoms with Crippen molar-refractivity contribution >= 4 is 11.8 Å². The zero-order valence-corrected chi connectivity index (χ0v) is 19.3. The molecule has 8 nitrogen and oxygen atoms in total. The number of hydrogen-bond donors (Lipinski definition) is 2. The maximum atomic E-state index is 15.0. The second-order valence-electron chi connectivity index (χ2n) is 8.30. The molecule has 3 rings (SSSR count). The number of likely N-dealkylation sites (tertiary alicyclic amines) is 1. The van der Waals surface area contributed by atoms with Gasteiger partial charge in [-0.05, 0) is 36.8 Å². The molecule has 0 aromatic heterocycles. The standard InChI is InChI=1S/C24H26F4N2O6/c1-14(13-31)34-17-6-7-18(23(29)33)21(11-17)35-20-8-9-30(12-19(20)25)22(32)10-15-2-4-16(5-3-15)36-24(26,27)28/h2-7,11,14,19-20,31H,8-10,12-13H2,1H3,(H2,29,33)/t14-,19+,20+/m0/s1. The van der Waals surface area contributed by atoms with Crippen LogP contribution in [0.1, 0.15) is 29.3 Å². The molecule has 1 aliphatic heterocycles. The van der Waals surface area contributed by atoms with Gasteiger partial charge in [0, 0.05) is 19.0 Å². The van der Waals surface area contributed by atoms with Gasteiger partial charge >= 0.3 is 6.36 Å². The van der Waals surface area contributed by atoms with E-state index in [4.69, 9.17) is 20.3 Å². The molecule has 1 aliphatic rings. The Labute approximate surface area is 204 Å². The Kier molecular flexibility index (Phi) is 8.62. The maximum absolute atomic E-state index is 15.0. The van der Waals surface area contributed by atoms with Crippen LogP contribution in [-0.2, 0) is 11.2 Å². The first-order valence-electron chi connectivity index (χ1n) is 11.1. The molecular weight excluding hydrogens is 488 g/mol. The summed E-state index contributed by atoms with van der Waals surface area (Å²) in [6, 6.07) is 9.12. The minimum absolute atomic E-state index is 0.0266. The maximum Gasteiger partial charge on any atom is 0.573 e. The quantitative estimate of drug-likeness (QED) is 0.498. The molecule has 36 heavy (non-hydrogen) atoms. The van der Waals surface area contributed by atoms with Gasteiger partial charge in [0.2, 0.25) is 5.91 Å². The van der Waals surface area contributed by atoms with Crippen molar-refractivity contribution in [3.05, 3.63) is 53.6 Å². The van der Waals surface area contributed by atoms with Crippen LogP contribution in [0.5, 0.6) is 17.2 Å². The minimum atomic E-state index is -4.82. The highest BCUT2D eigenvalue weighted by Gasteiger charge is 2.34. The number of amides is 2. The Hall–Kier alpha value is -3.54. The summed E-state index contributed by atoms with van der Waals surface area (Å²) in [5.41, 5.74) is 5.87. The van der Waals surface area contributed by atoms with Crippen molar-refractivity contribution in [2.24, 2.45) is 5.73 Å². The van der Waals surface area contributed by atoms with Crippen LogP contribution in [0.15, 0.2) is 42.5 Å². The number of alkyl halides is 4. The van der Waals surface area contributed by atoms with Crippen molar-refractivity contribution in [3.63, 3.8) is 0 Å². The molecule has 12 heteroatoms. The predicted octanol–water partition coefficient (Wildman–Crippen LogP) is 3.00. The lowest BCUT2D eigenvalue weighted by atomic mass is 10.0. The van der Waals surface area contributed by atoms with E-state index in [1.807, 2.05) is 0 Å². The van der Waals surface area contributed by atoms with Crippen LogP contribution in [-0.4, -0.2) is 66.3 Å². The van der Waals surface area contributed by atoms with Crippen LogP contribution in [0, 0.1) is 0 Å². The second kappa shape index (κ2) is 11.5. The molecule has 2 aromatic carbocycles. The van der Waals surface area contributed by atoms with Crippen LogP contribution in [0.4, 0.5) is 17.6 Å².